The third kappa shape index (κ3) is 7.02. The molecule has 4 aliphatic rings. The Hall–Kier alpha value is -1.62. The molecule has 0 aliphatic heterocycles. The maximum Gasteiger partial charge on any atom is 0.222 e. The van der Waals surface area contributed by atoms with Crippen LogP contribution in [0.2, 0.25) is 0 Å². The molecule has 0 heterocycles. The lowest BCUT2D eigenvalue weighted by atomic mass is 9.51. The van der Waals surface area contributed by atoms with E-state index in [1.54, 1.807) is 6.07 Å². The molecule has 7 atom stereocenters. The number of halogens is 1. The van der Waals surface area contributed by atoms with Crippen LogP contribution in [-0.4, -0.2) is 46.4 Å². The van der Waals surface area contributed by atoms with Gasteiger partial charge in [0.25, 0.3) is 0 Å². The Bertz CT molecular complexity index is 1020. The molecule has 1 aromatic rings. The van der Waals surface area contributed by atoms with E-state index in [9.17, 15) is 15.0 Å². The maximum absolute atomic E-state index is 16.1. The van der Waals surface area contributed by atoms with Crippen LogP contribution >= 0.6 is 0 Å². The molecule has 2 N–H and O–H groups in total. The van der Waals surface area contributed by atoms with Gasteiger partial charge in [-0.25, -0.2) is 4.39 Å². The van der Waals surface area contributed by atoms with Crippen molar-refractivity contribution in [2.75, 3.05) is 13.1 Å². The minimum Gasteiger partial charge on any atom is -0.508 e. The summed E-state index contributed by atoms with van der Waals surface area (Å²) in [5.41, 5.74) is 1.86. The number of benzene rings is 1. The summed E-state index contributed by atoms with van der Waals surface area (Å²) in [4.78, 5) is 15.5. The van der Waals surface area contributed by atoms with E-state index in [-0.39, 0.29) is 23.0 Å². The fourth-order valence-corrected chi connectivity index (χ4v) is 9.79. The number of rotatable bonds is 13. The molecule has 5 heteroatoms. The molecule has 236 valence electrons. The van der Waals surface area contributed by atoms with Crippen LogP contribution in [-0.2, 0) is 11.2 Å². The SMILES string of the molecule is CCCCCCN(CCCC[C@@H]1Cc2cc(O)ccc2[C@@H]2[C@@H]1[C@@H]1CC[C@H](O)[C@@]1(C)C[C@@H]2F)C(=O)CCC1CCCCC1. The summed E-state index contributed by atoms with van der Waals surface area (Å²) < 4.78 is 16.1. The molecule has 0 radical (unpaired) electrons. The largest absolute Gasteiger partial charge is 0.508 e. The number of aromatic hydroxyl groups is 1. The van der Waals surface area contributed by atoms with Crippen molar-refractivity contribution in [3.05, 3.63) is 29.3 Å². The van der Waals surface area contributed by atoms with Crippen molar-refractivity contribution in [2.24, 2.45) is 29.1 Å². The molecular weight excluding hydrogens is 525 g/mol. The molecule has 0 aromatic heterocycles. The lowest BCUT2D eigenvalue weighted by molar-refractivity contribution is -0.131. The molecule has 4 aliphatic carbocycles. The normalized spacial score (nSPS) is 32.7. The Balaban J connectivity index is 1.22. The Morgan fingerprint density at radius 3 is 2.52 bits per heavy atom. The van der Waals surface area contributed by atoms with Crippen LogP contribution in [0.1, 0.15) is 140 Å². The van der Waals surface area contributed by atoms with Crippen molar-refractivity contribution in [3.63, 3.8) is 0 Å². The first-order valence-corrected chi connectivity index (χ1v) is 17.7. The number of unbranched alkanes of at least 4 members (excludes halogenated alkanes) is 4. The van der Waals surface area contributed by atoms with Gasteiger partial charge in [-0.15, -0.1) is 0 Å². The quantitative estimate of drug-likeness (QED) is 0.228. The minimum atomic E-state index is -0.963. The number of aliphatic hydroxyl groups excluding tert-OH is 1. The Kier molecular flexibility index (Phi) is 10.9. The zero-order valence-electron chi connectivity index (χ0n) is 26.5. The van der Waals surface area contributed by atoms with Crippen molar-refractivity contribution >= 4 is 5.91 Å². The second-order valence-corrected chi connectivity index (χ2v) is 14.9. The number of carbonyl (C=O) groups is 1. The summed E-state index contributed by atoms with van der Waals surface area (Å²) in [6.45, 7) is 6.08. The lowest BCUT2D eigenvalue weighted by Gasteiger charge is -2.54. The number of carbonyl (C=O) groups excluding carboxylic acids is 1. The molecule has 0 saturated heterocycles. The zero-order valence-corrected chi connectivity index (χ0v) is 26.5. The van der Waals surface area contributed by atoms with E-state index in [0.29, 0.717) is 30.6 Å². The number of hydrogen-bond acceptors (Lipinski definition) is 3. The van der Waals surface area contributed by atoms with Crippen LogP contribution < -0.4 is 0 Å². The summed E-state index contributed by atoms with van der Waals surface area (Å²) >= 11 is 0. The number of fused-ring (bicyclic) bond motifs is 5. The lowest BCUT2D eigenvalue weighted by Crippen LogP contribution is -2.51. The van der Waals surface area contributed by atoms with E-state index in [1.807, 2.05) is 12.1 Å². The van der Waals surface area contributed by atoms with Gasteiger partial charge in [-0.05, 0) is 104 Å². The number of alkyl halides is 1. The van der Waals surface area contributed by atoms with E-state index >= 15 is 4.39 Å². The topological polar surface area (TPSA) is 60.8 Å². The Labute approximate surface area is 254 Å². The molecule has 5 rings (SSSR count). The van der Waals surface area contributed by atoms with Gasteiger partial charge in [-0.1, -0.05) is 77.7 Å². The Morgan fingerprint density at radius 1 is 1.00 bits per heavy atom. The fraction of sp³-hybridized carbons (Fsp3) is 0.811. The molecule has 0 bridgehead atoms. The molecule has 0 spiro atoms. The molecule has 4 nitrogen and oxygen atoms in total. The van der Waals surface area contributed by atoms with Gasteiger partial charge in [-0.3, -0.25) is 4.79 Å². The molecule has 42 heavy (non-hydrogen) atoms. The van der Waals surface area contributed by atoms with Gasteiger partial charge < -0.3 is 15.1 Å². The van der Waals surface area contributed by atoms with Crippen molar-refractivity contribution in [1.82, 2.24) is 4.90 Å². The van der Waals surface area contributed by atoms with Gasteiger partial charge >= 0.3 is 0 Å². The standard InChI is InChI=1S/C37H58FNO3/c1-3-4-5-10-21-39(34(42)20-15-26-12-7-6-8-13-26)22-11-9-14-27-23-28-24-29(40)16-17-30(28)36-32(38)25-37(2)31(35(27)36)18-19-33(37)41/h16-17,24,26-27,31-33,35-36,40-41H,3-15,18-23,25H2,1-2H3/t27-,31+,32+,33+,35+,36+,37+/m1/s1. The third-order valence-electron chi connectivity index (χ3n) is 12.2. The summed E-state index contributed by atoms with van der Waals surface area (Å²) in [7, 11) is 0. The van der Waals surface area contributed by atoms with Gasteiger partial charge in [0.2, 0.25) is 5.91 Å². The van der Waals surface area contributed by atoms with Gasteiger partial charge in [0, 0.05) is 25.4 Å². The van der Waals surface area contributed by atoms with E-state index in [2.05, 4.69) is 18.7 Å². The highest BCUT2D eigenvalue weighted by Crippen LogP contribution is 2.63. The summed E-state index contributed by atoms with van der Waals surface area (Å²) in [6, 6.07) is 5.56. The van der Waals surface area contributed by atoms with Crippen LogP contribution in [0.3, 0.4) is 0 Å². The van der Waals surface area contributed by atoms with Crippen LogP contribution in [0.5, 0.6) is 5.75 Å². The predicted molar refractivity (Wildman–Crippen MR) is 168 cm³/mol. The number of phenols is 1. The maximum atomic E-state index is 16.1. The van der Waals surface area contributed by atoms with Gasteiger partial charge in [0.05, 0.1) is 6.10 Å². The highest BCUT2D eigenvalue weighted by atomic mass is 19.1. The Morgan fingerprint density at radius 2 is 1.76 bits per heavy atom. The second kappa shape index (κ2) is 14.4. The monoisotopic (exact) mass is 583 g/mol. The van der Waals surface area contributed by atoms with E-state index in [0.717, 1.165) is 81.5 Å². The summed E-state index contributed by atoms with van der Waals surface area (Å²) in [6.07, 6.45) is 17.8. The number of hydrogen-bond donors (Lipinski definition) is 2. The van der Waals surface area contributed by atoms with Crippen LogP contribution in [0.25, 0.3) is 0 Å². The number of phenolic OH excluding ortho intramolecular Hbond substituents is 1. The van der Waals surface area contributed by atoms with Gasteiger partial charge in [0.15, 0.2) is 0 Å². The van der Waals surface area contributed by atoms with E-state index in [4.69, 9.17) is 0 Å². The number of aliphatic hydroxyl groups is 1. The van der Waals surface area contributed by atoms with E-state index < -0.39 is 12.3 Å². The second-order valence-electron chi connectivity index (χ2n) is 14.9. The smallest absolute Gasteiger partial charge is 0.222 e. The predicted octanol–water partition coefficient (Wildman–Crippen LogP) is 8.72. The van der Waals surface area contributed by atoms with Crippen molar-refractivity contribution in [2.45, 2.75) is 148 Å². The molecular formula is C37H58FNO3. The highest BCUT2D eigenvalue weighted by molar-refractivity contribution is 5.76. The van der Waals surface area contributed by atoms with Crippen LogP contribution in [0.4, 0.5) is 4.39 Å². The van der Waals surface area contributed by atoms with Crippen LogP contribution in [0.15, 0.2) is 18.2 Å². The third-order valence-corrected chi connectivity index (χ3v) is 12.2. The average Bonchev–Trinajstić information content (AvgIpc) is 3.28. The number of nitrogens with zero attached hydrogens (tertiary/aromatic N) is 1. The van der Waals surface area contributed by atoms with Crippen molar-refractivity contribution in [1.29, 1.82) is 0 Å². The number of amides is 1. The molecule has 3 saturated carbocycles. The minimum absolute atomic E-state index is 0.140. The first kappa shape index (κ1) is 31.8. The summed E-state index contributed by atoms with van der Waals surface area (Å²) in [5, 5.41) is 21.2. The molecule has 3 fully saturated rings. The fourth-order valence-electron chi connectivity index (χ4n) is 9.79. The van der Waals surface area contributed by atoms with Crippen molar-refractivity contribution in [3.8, 4) is 5.75 Å². The average molecular weight is 584 g/mol. The zero-order chi connectivity index (χ0) is 29.7. The van der Waals surface area contributed by atoms with Crippen LogP contribution in [0, 0.1) is 29.1 Å². The van der Waals surface area contributed by atoms with E-state index in [1.165, 1.54) is 51.4 Å². The first-order chi connectivity index (χ1) is 20.3. The highest BCUT2D eigenvalue weighted by Gasteiger charge is 2.59. The van der Waals surface area contributed by atoms with Gasteiger partial charge in [0.1, 0.15) is 11.9 Å². The summed E-state index contributed by atoms with van der Waals surface area (Å²) in [5.74, 6) is 2.13. The van der Waals surface area contributed by atoms with Crippen molar-refractivity contribution < 1.29 is 19.4 Å². The van der Waals surface area contributed by atoms with Gasteiger partial charge in [-0.2, -0.15) is 0 Å². The molecule has 0 unspecified atom stereocenters. The first-order valence-electron chi connectivity index (χ1n) is 17.7. The molecule has 1 amide bonds. The molecule has 1 aromatic carbocycles.